The summed E-state index contributed by atoms with van der Waals surface area (Å²) < 4.78 is 12.3. The Morgan fingerprint density at radius 3 is 2.58 bits per heavy atom. The zero-order valence-corrected chi connectivity index (χ0v) is 19.0. The number of aromatic nitrogens is 3. The van der Waals surface area contributed by atoms with Crippen LogP contribution in [0.1, 0.15) is 32.1 Å². The first kappa shape index (κ1) is 22.6. The van der Waals surface area contributed by atoms with Crippen LogP contribution in [0.2, 0.25) is 0 Å². The summed E-state index contributed by atoms with van der Waals surface area (Å²) in [5.41, 5.74) is 2.00. The molecule has 0 atom stereocenters. The van der Waals surface area contributed by atoms with Crippen LogP contribution in [0.15, 0.2) is 42.5 Å². The van der Waals surface area contributed by atoms with Gasteiger partial charge in [0.15, 0.2) is 11.5 Å². The van der Waals surface area contributed by atoms with E-state index >= 15 is 0 Å². The lowest BCUT2D eigenvalue weighted by atomic mass is 9.95. The van der Waals surface area contributed by atoms with Gasteiger partial charge in [0.1, 0.15) is 18.6 Å². The molecule has 0 radical (unpaired) electrons. The maximum absolute atomic E-state index is 13.4. The van der Waals surface area contributed by atoms with Gasteiger partial charge in [0.2, 0.25) is 11.8 Å². The second kappa shape index (κ2) is 10.3. The highest BCUT2D eigenvalue weighted by Gasteiger charge is 2.24. The Morgan fingerprint density at radius 2 is 1.82 bits per heavy atom. The zero-order chi connectivity index (χ0) is 23.2. The largest absolute Gasteiger partial charge is 0.493 e. The van der Waals surface area contributed by atoms with Gasteiger partial charge >= 0.3 is 0 Å². The molecule has 1 aliphatic rings. The number of ether oxygens (including phenoxy) is 2. The van der Waals surface area contributed by atoms with Gasteiger partial charge < -0.3 is 19.7 Å². The molecule has 0 spiro atoms. The van der Waals surface area contributed by atoms with Crippen molar-refractivity contribution in [3.8, 4) is 11.5 Å². The first-order chi connectivity index (χ1) is 16.1. The fraction of sp³-hybridized carbons (Fsp3) is 0.417. The number of amides is 2. The molecule has 1 aliphatic carbocycles. The third-order valence-corrected chi connectivity index (χ3v) is 5.96. The van der Waals surface area contributed by atoms with E-state index in [4.69, 9.17) is 9.47 Å². The summed E-state index contributed by atoms with van der Waals surface area (Å²) in [7, 11) is 3.08. The van der Waals surface area contributed by atoms with Gasteiger partial charge in [0, 0.05) is 17.8 Å². The van der Waals surface area contributed by atoms with Crippen molar-refractivity contribution in [2.45, 2.75) is 44.7 Å². The molecule has 4 rings (SSSR count). The normalized spacial score (nSPS) is 14.1. The highest BCUT2D eigenvalue weighted by atomic mass is 16.5. The summed E-state index contributed by atoms with van der Waals surface area (Å²) in [6, 6.07) is 12.8. The van der Waals surface area contributed by atoms with Crippen molar-refractivity contribution in [3.05, 3.63) is 42.5 Å². The van der Waals surface area contributed by atoms with Gasteiger partial charge in [0.25, 0.3) is 0 Å². The van der Waals surface area contributed by atoms with E-state index in [2.05, 4.69) is 15.6 Å². The maximum Gasteiger partial charge on any atom is 0.249 e. The smallest absolute Gasteiger partial charge is 0.249 e. The lowest BCUT2D eigenvalue weighted by Gasteiger charge is -2.26. The number of nitrogens with zero attached hydrogens (tertiary/aromatic N) is 4. The van der Waals surface area contributed by atoms with E-state index in [1.165, 1.54) is 18.4 Å². The second-order valence-corrected chi connectivity index (χ2v) is 8.16. The predicted molar refractivity (Wildman–Crippen MR) is 124 cm³/mol. The van der Waals surface area contributed by atoms with Crippen molar-refractivity contribution >= 4 is 28.5 Å². The molecular weight excluding hydrogens is 422 g/mol. The van der Waals surface area contributed by atoms with E-state index in [1.54, 1.807) is 30.0 Å². The van der Waals surface area contributed by atoms with Crippen LogP contribution in [0.3, 0.4) is 0 Å². The molecule has 9 heteroatoms. The minimum Gasteiger partial charge on any atom is -0.493 e. The number of para-hydroxylation sites is 1. The van der Waals surface area contributed by atoms with E-state index in [1.807, 2.05) is 24.3 Å². The van der Waals surface area contributed by atoms with E-state index < -0.39 is 0 Å². The van der Waals surface area contributed by atoms with E-state index in [9.17, 15) is 9.59 Å². The van der Waals surface area contributed by atoms with Crippen LogP contribution in [-0.4, -0.2) is 53.6 Å². The molecule has 1 heterocycles. The van der Waals surface area contributed by atoms with Gasteiger partial charge in [-0.3, -0.25) is 9.59 Å². The number of hydrogen-bond acceptors (Lipinski definition) is 6. The Hall–Kier alpha value is -3.62. The fourth-order valence-electron chi connectivity index (χ4n) is 4.23. The first-order valence-electron chi connectivity index (χ1n) is 11.2. The van der Waals surface area contributed by atoms with Gasteiger partial charge in [-0.25, -0.2) is 4.68 Å². The van der Waals surface area contributed by atoms with E-state index in [-0.39, 0.29) is 30.9 Å². The molecule has 2 aromatic carbocycles. The summed E-state index contributed by atoms with van der Waals surface area (Å²) in [6.07, 6.45) is 5.38. The lowest BCUT2D eigenvalue weighted by molar-refractivity contribution is -0.124. The molecule has 174 valence electrons. The van der Waals surface area contributed by atoms with Crippen molar-refractivity contribution in [2.75, 3.05) is 25.7 Å². The average molecular weight is 452 g/mol. The van der Waals surface area contributed by atoms with Gasteiger partial charge in [-0.2, -0.15) is 0 Å². The molecule has 1 aromatic heterocycles. The number of fused-ring (bicyclic) bond motifs is 1. The minimum absolute atomic E-state index is 0.0500. The number of rotatable bonds is 8. The Bertz CT molecular complexity index is 1120. The van der Waals surface area contributed by atoms with Crippen LogP contribution < -0.4 is 19.7 Å². The Kier molecular flexibility index (Phi) is 7.07. The van der Waals surface area contributed by atoms with Crippen LogP contribution in [0.25, 0.3) is 11.0 Å². The Balaban J connectivity index is 1.58. The molecule has 33 heavy (non-hydrogen) atoms. The number of hydrogen-bond donors (Lipinski definition) is 1. The lowest BCUT2D eigenvalue weighted by Crippen LogP contribution is -2.45. The fourth-order valence-corrected chi connectivity index (χ4v) is 4.23. The molecule has 3 aromatic rings. The second-order valence-electron chi connectivity index (χ2n) is 8.16. The molecule has 0 bridgehead atoms. The third-order valence-electron chi connectivity index (χ3n) is 5.96. The molecule has 0 aliphatic heterocycles. The maximum atomic E-state index is 13.4. The molecule has 0 saturated heterocycles. The van der Waals surface area contributed by atoms with Crippen molar-refractivity contribution in [2.24, 2.45) is 0 Å². The Labute approximate surface area is 192 Å². The molecular formula is C24H29N5O4. The average Bonchev–Trinajstić information content (AvgIpc) is 3.25. The van der Waals surface area contributed by atoms with Crippen LogP contribution in [0.5, 0.6) is 11.5 Å². The highest BCUT2D eigenvalue weighted by Crippen LogP contribution is 2.31. The van der Waals surface area contributed by atoms with Crippen LogP contribution in [0.4, 0.5) is 5.69 Å². The van der Waals surface area contributed by atoms with Crippen LogP contribution >= 0.6 is 0 Å². The van der Waals surface area contributed by atoms with Gasteiger partial charge in [-0.05, 0) is 37.1 Å². The third kappa shape index (κ3) is 5.24. The number of carbonyl (C=O) groups excluding carboxylic acids is 2. The van der Waals surface area contributed by atoms with Gasteiger partial charge in [0.05, 0.1) is 19.7 Å². The zero-order valence-electron chi connectivity index (χ0n) is 19.0. The number of benzene rings is 2. The number of methoxy groups -OCH3 is 2. The van der Waals surface area contributed by atoms with Crippen molar-refractivity contribution in [3.63, 3.8) is 0 Å². The quantitative estimate of drug-likeness (QED) is 0.565. The topological polar surface area (TPSA) is 98.6 Å². The SMILES string of the molecule is COc1ccc(N(CC(=O)NC2CCCCC2)C(=O)Cn2nnc3ccccc32)cc1OC. The summed E-state index contributed by atoms with van der Waals surface area (Å²) in [4.78, 5) is 27.8. The summed E-state index contributed by atoms with van der Waals surface area (Å²) >= 11 is 0. The first-order valence-corrected chi connectivity index (χ1v) is 11.2. The van der Waals surface area contributed by atoms with Gasteiger partial charge in [-0.1, -0.05) is 36.6 Å². The molecule has 9 nitrogen and oxygen atoms in total. The Morgan fingerprint density at radius 1 is 1.06 bits per heavy atom. The summed E-state index contributed by atoms with van der Waals surface area (Å²) in [5, 5.41) is 11.3. The molecule has 2 amide bonds. The van der Waals surface area contributed by atoms with Crippen molar-refractivity contribution in [1.29, 1.82) is 0 Å². The monoisotopic (exact) mass is 451 g/mol. The molecule has 0 unspecified atom stereocenters. The number of nitrogens with one attached hydrogen (secondary N) is 1. The van der Waals surface area contributed by atoms with Crippen LogP contribution in [0, 0.1) is 0 Å². The standard InChI is InChI=1S/C24H29N5O4/c1-32-21-13-12-18(14-22(21)33-2)28(15-23(30)25-17-8-4-3-5-9-17)24(31)16-29-20-11-7-6-10-19(20)26-27-29/h6-7,10-14,17H,3-5,8-9,15-16H2,1-2H3,(H,25,30). The van der Waals surface area contributed by atoms with Gasteiger partial charge in [-0.15, -0.1) is 5.10 Å². The van der Waals surface area contributed by atoms with E-state index in [0.717, 1.165) is 31.2 Å². The predicted octanol–water partition coefficient (Wildman–Crippen LogP) is 2.93. The minimum atomic E-state index is -0.281. The summed E-state index contributed by atoms with van der Waals surface area (Å²) in [6.45, 7) is -0.150. The molecule has 1 saturated carbocycles. The highest BCUT2D eigenvalue weighted by molar-refractivity contribution is 5.99. The van der Waals surface area contributed by atoms with Crippen LogP contribution in [-0.2, 0) is 16.1 Å². The van der Waals surface area contributed by atoms with Crippen molar-refractivity contribution in [1.82, 2.24) is 20.3 Å². The summed E-state index contributed by atoms with van der Waals surface area (Å²) in [5.74, 6) is 0.555. The molecule has 1 N–H and O–H groups in total. The number of carbonyl (C=O) groups is 2. The van der Waals surface area contributed by atoms with E-state index in [0.29, 0.717) is 22.7 Å². The van der Waals surface area contributed by atoms with Crippen molar-refractivity contribution < 1.29 is 19.1 Å². The number of anilines is 1. The molecule has 1 fully saturated rings.